The Hall–Kier alpha value is -2.61. The molecule has 0 aliphatic carbocycles. The fourth-order valence-corrected chi connectivity index (χ4v) is 4.94. The molecule has 2 aliphatic heterocycles. The van der Waals surface area contributed by atoms with Crippen LogP contribution >= 0.6 is 11.6 Å². The van der Waals surface area contributed by atoms with Gasteiger partial charge in [-0.2, -0.15) is 0 Å². The quantitative estimate of drug-likeness (QED) is 0.582. The number of amides is 2. The topological polar surface area (TPSA) is 99.7 Å². The number of aliphatic hydroxyl groups excluding tert-OH is 1. The summed E-state index contributed by atoms with van der Waals surface area (Å²) in [5.74, 6) is -0.929. The normalized spacial score (nSPS) is 25.3. The van der Waals surface area contributed by atoms with E-state index in [9.17, 15) is 14.7 Å². The van der Waals surface area contributed by atoms with Crippen LogP contribution in [-0.4, -0.2) is 36.2 Å². The monoisotopic (exact) mass is 443 g/mol. The molecule has 31 heavy (non-hydrogen) atoms. The van der Waals surface area contributed by atoms with E-state index in [0.29, 0.717) is 28.6 Å². The minimum Gasteiger partial charge on any atom is -0.495 e. The Morgan fingerprint density at radius 2 is 2.06 bits per heavy atom. The van der Waals surface area contributed by atoms with Crippen molar-refractivity contribution in [1.82, 2.24) is 5.32 Å². The van der Waals surface area contributed by atoms with Crippen molar-refractivity contribution in [2.75, 3.05) is 17.7 Å². The lowest BCUT2D eigenvalue weighted by atomic mass is 9.78. The standard InChI is InChI=1S/C23H26ClN3O4/c1-11-7-12(2)20-15(8-11)23(22(30)26-20)16(10-17(27-23)13(3)28)21(29)25-18-9-14(24)5-6-19(18)31-4/h5-9,13,16-17,27-28H,10H2,1-4H3,(H,25,29)(H,26,30)/t13?,16-,17-,23+/m1/s1. The highest BCUT2D eigenvalue weighted by molar-refractivity contribution is 6.31. The molecule has 1 saturated heterocycles. The summed E-state index contributed by atoms with van der Waals surface area (Å²) in [6.45, 7) is 5.54. The van der Waals surface area contributed by atoms with Crippen molar-refractivity contribution in [2.24, 2.45) is 5.92 Å². The molecule has 164 valence electrons. The van der Waals surface area contributed by atoms with E-state index >= 15 is 0 Å². The molecule has 2 aromatic carbocycles. The maximum atomic E-state index is 13.5. The number of hydrogen-bond acceptors (Lipinski definition) is 5. The maximum absolute atomic E-state index is 13.5. The van der Waals surface area contributed by atoms with Crippen molar-refractivity contribution in [3.8, 4) is 5.75 Å². The minimum absolute atomic E-state index is 0.294. The Kier molecular flexibility index (Phi) is 5.45. The first-order valence-corrected chi connectivity index (χ1v) is 10.6. The Bertz CT molecular complexity index is 1070. The van der Waals surface area contributed by atoms with E-state index in [2.05, 4.69) is 16.0 Å². The molecule has 4 atom stereocenters. The van der Waals surface area contributed by atoms with Crippen molar-refractivity contribution in [2.45, 2.75) is 44.9 Å². The first-order valence-electron chi connectivity index (χ1n) is 10.2. The Morgan fingerprint density at radius 1 is 1.32 bits per heavy atom. The van der Waals surface area contributed by atoms with Gasteiger partial charge >= 0.3 is 0 Å². The number of carbonyl (C=O) groups is 2. The summed E-state index contributed by atoms with van der Waals surface area (Å²) in [6, 6.07) is 8.45. The molecule has 0 aromatic heterocycles. The van der Waals surface area contributed by atoms with Gasteiger partial charge in [0.2, 0.25) is 11.8 Å². The number of rotatable bonds is 4. The van der Waals surface area contributed by atoms with E-state index in [1.165, 1.54) is 7.11 Å². The number of carbonyl (C=O) groups excluding carboxylic acids is 2. The molecule has 2 aliphatic rings. The third kappa shape index (κ3) is 3.46. The van der Waals surface area contributed by atoms with Gasteiger partial charge in [0.25, 0.3) is 0 Å². The zero-order chi connectivity index (χ0) is 22.5. The van der Waals surface area contributed by atoms with Crippen molar-refractivity contribution in [3.05, 3.63) is 52.0 Å². The lowest BCUT2D eigenvalue weighted by Gasteiger charge is -2.30. The van der Waals surface area contributed by atoms with E-state index in [0.717, 1.165) is 16.7 Å². The Labute approximate surface area is 186 Å². The largest absolute Gasteiger partial charge is 0.495 e. The smallest absolute Gasteiger partial charge is 0.250 e. The highest BCUT2D eigenvalue weighted by Crippen LogP contribution is 2.49. The number of halogens is 1. The SMILES string of the molecule is COc1ccc(Cl)cc1NC(=O)[C@H]1C[C@H](C(C)O)N[C@]12C(=O)Nc1c(C)cc(C)cc12. The van der Waals surface area contributed by atoms with Crippen molar-refractivity contribution in [1.29, 1.82) is 0 Å². The van der Waals surface area contributed by atoms with Gasteiger partial charge in [-0.3, -0.25) is 14.9 Å². The lowest BCUT2D eigenvalue weighted by Crippen LogP contribution is -2.53. The summed E-state index contributed by atoms with van der Waals surface area (Å²) < 4.78 is 5.34. The molecular weight excluding hydrogens is 418 g/mol. The molecule has 4 N–H and O–H groups in total. The summed E-state index contributed by atoms with van der Waals surface area (Å²) >= 11 is 6.11. The number of hydrogen-bond donors (Lipinski definition) is 4. The van der Waals surface area contributed by atoms with E-state index in [1.807, 2.05) is 26.0 Å². The molecule has 8 heteroatoms. The molecule has 2 amide bonds. The second-order valence-electron chi connectivity index (χ2n) is 8.38. The van der Waals surface area contributed by atoms with Gasteiger partial charge in [0.15, 0.2) is 0 Å². The van der Waals surface area contributed by atoms with Crippen LogP contribution in [0.5, 0.6) is 5.75 Å². The zero-order valence-electron chi connectivity index (χ0n) is 17.9. The Morgan fingerprint density at radius 3 is 2.74 bits per heavy atom. The number of nitrogens with one attached hydrogen (secondary N) is 3. The van der Waals surface area contributed by atoms with Crippen LogP contribution in [0.1, 0.15) is 30.0 Å². The predicted octanol–water partition coefficient (Wildman–Crippen LogP) is 3.11. The van der Waals surface area contributed by atoms with Gasteiger partial charge in [-0.1, -0.05) is 29.3 Å². The van der Waals surface area contributed by atoms with Gasteiger partial charge < -0.3 is 20.5 Å². The average Bonchev–Trinajstić information content (AvgIpc) is 3.23. The number of aliphatic hydroxyl groups is 1. The highest BCUT2D eigenvalue weighted by Gasteiger charge is 2.61. The molecular formula is C23H26ClN3O4. The van der Waals surface area contributed by atoms with Crippen LogP contribution in [0.3, 0.4) is 0 Å². The Balaban J connectivity index is 1.79. The van der Waals surface area contributed by atoms with Crippen LogP contribution in [0.25, 0.3) is 0 Å². The van der Waals surface area contributed by atoms with Gasteiger partial charge in [0, 0.05) is 22.3 Å². The number of benzene rings is 2. The van der Waals surface area contributed by atoms with Gasteiger partial charge in [-0.15, -0.1) is 0 Å². The van der Waals surface area contributed by atoms with Crippen molar-refractivity contribution in [3.63, 3.8) is 0 Å². The second-order valence-corrected chi connectivity index (χ2v) is 8.82. The summed E-state index contributed by atoms with van der Waals surface area (Å²) in [7, 11) is 1.51. The summed E-state index contributed by atoms with van der Waals surface area (Å²) in [5, 5.41) is 19.9. The van der Waals surface area contributed by atoms with Gasteiger partial charge in [-0.25, -0.2) is 0 Å². The van der Waals surface area contributed by atoms with Crippen LogP contribution in [0, 0.1) is 19.8 Å². The molecule has 0 bridgehead atoms. The number of ether oxygens (including phenoxy) is 1. The molecule has 0 saturated carbocycles. The molecule has 1 unspecified atom stereocenters. The van der Waals surface area contributed by atoms with Gasteiger partial charge in [-0.05, 0) is 51.0 Å². The van der Waals surface area contributed by atoms with Gasteiger partial charge in [0.05, 0.1) is 24.8 Å². The number of fused-ring (bicyclic) bond motifs is 2. The first-order chi connectivity index (χ1) is 14.7. The highest BCUT2D eigenvalue weighted by atomic mass is 35.5. The van der Waals surface area contributed by atoms with Crippen LogP contribution in [-0.2, 0) is 15.1 Å². The van der Waals surface area contributed by atoms with Crippen molar-refractivity contribution < 1.29 is 19.4 Å². The second kappa shape index (κ2) is 7.82. The molecule has 2 aromatic rings. The third-order valence-corrected chi connectivity index (χ3v) is 6.48. The van der Waals surface area contributed by atoms with E-state index in [1.54, 1.807) is 25.1 Å². The first kappa shape index (κ1) is 21.6. The van der Waals surface area contributed by atoms with E-state index < -0.39 is 23.6 Å². The molecule has 1 fully saturated rings. The number of aryl methyl sites for hydroxylation is 2. The zero-order valence-corrected chi connectivity index (χ0v) is 18.6. The fourth-order valence-electron chi connectivity index (χ4n) is 4.77. The van der Waals surface area contributed by atoms with Crippen molar-refractivity contribution >= 4 is 34.8 Å². The molecule has 2 heterocycles. The van der Waals surface area contributed by atoms with Crippen LogP contribution in [0.15, 0.2) is 30.3 Å². The van der Waals surface area contributed by atoms with E-state index in [-0.39, 0.29) is 11.8 Å². The average molecular weight is 444 g/mol. The molecule has 0 radical (unpaired) electrons. The summed E-state index contributed by atoms with van der Waals surface area (Å²) in [4.78, 5) is 26.9. The molecule has 1 spiro atoms. The molecule has 7 nitrogen and oxygen atoms in total. The molecule has 4 rings (SSSR count). The predicted molar refractivity (Wildman–Crippen MR) is 120 cm³/mol. The van der Waals surface area contributed by atoms with Crippen LogP contribution in [0.4, 0.5) is 11.4 Å². The van der Waals surface area contributed by atoms with Gasteiger partial charge in [0.1, 0.15) is 11.3 Å². The summed E-state index contributed by atoms with van der Waals surface area (Å²) in [6.07, 6.45) is -0.440. The summed E-state index contributed by atoms with van der Waals surface area (Å²) in [5.41, 5.74) is 2.52. The van der Waals surface area contributed by atoms with Crippen LogP contribution < -0.4 is 20.7 Å². The fraction of sp³-hybridized carbons (Fsp3) is 0.391. The maximum Gasteiger partial charge on any atom is 0.250 e. The number of anilines is 2. The van der Waals surface area contributed by atoms with E-state index in [4.69, 9.17) is 16.3 Å². The third-order valence-electron chi connectivity index (χ3n) is 6.24. The minimum atomic E-state index is -1.27. The number of methoxy groups -OCH3 is 1. The lowest BCUT2D eigenvalue weighted by molar-refractivity contribution is -0.130. The van der Waals surface area contributed by atoms with Crippen LogP contribution in [0.2, 0.25) is 5.02 Å².